The number of aromatic nitrogens is 2. The Balaban J connectivity index is 2.47. The summed E-state index contributed by atoms with van der Waals surface area (Å²) < 4.78 is 1.82. The normalized spacial score (nSPS) is 10.2. The summed E-state index contributed by atoms with van der Waals surface area (Å²) in [5.41, 5.74) is 2.34. The fourth-order valence-electron chi connectivity index (χ4n) is 1.65. The second kappa shape index (κ2) is 6.26. The lowest BCUT2D eigenvalue weighted by Gasteiger charge is -2.01. The third-order valence-electron chi connectivity index (χ3n) is 2.82. The second-order valence-electron chi connectivity index (χ2n) is 3.92. The van der Waals surface area contributed by atoms with Gasteiger partial charge in [0.25, 0.3) is 0 Å². The average Bonchev–Trinajstić information content (AvgIpc) is 2.69. The topological polar surface area (TPSA) is 34.9 Å². The zero-order valence-electron chi connectivity index (χ0n) is 10.4. The summed E-state index contributed by atoms with van der Waals surface area (Å²) in [5.74, 6) is 0.222. The molecule has 0 unspecified atom stereocenters. The van der Waals surface area contributed by atoms with E-state index in [1.807, 2.05) is 17.8 Å². The first kappa shape index (κ1) is 12.7. The van der Waals surface area contributed by atoms with Gasteiger partial charge in [0.2, 0.25) is 0 Å². The van der Waals surface area contributed by atoms with Crippen LogP contribution in [0.25, 0.3) is 0 Å². The molecule has 1 rings (SSSR count). The smallest absolute Gasteiger partial charge is 0.156 e. The van der Waals surface area contributed by atoms with E-state index in [0.29, 0.717) is 6.42 Å². The van der Waals surface area contributed by atoms with Crippen molar-refractivity contribution in [1.29, 1.82) is 0 Å². The summed E-state index contributed by atoms with van der Waals surface area (Å²) >= 11 is 0. The standard InChI is InChI=1S/C13H20N2O/c1-4-11(5-2)10-13(16)7-6-12-8-9-14-15(12)3/h8-10H,4-7H2,1-3H3. The Morgan fingerprint density at radius 2 is 2.12 bits per heavy atom. The highest BCUT2D eigenvalue weighted by molar-refractivity contribution is 5.90. The molecular weight excluding hydrogens is 200 g/mol. The maximum absolute atomic E-state index is 11.7. The molecule has 1 aromatic rings. The van der Waals surface area contributed by atoms with Gasteiger partial charge in [0.1, 0.15) is 0 Å². The van der Waals surface area contributed by atoms with Gasteiger partial charge in [0.15, 0.2) is 5.78 Å². The molecule has 0 aliphatic rings. The van der Waals surface area contributed by atoms with E-state index in [1.54, 1.807) is 12.3 Å². The molecule has 3 heteroatoms. The van der Waals surface area contributed by atoms with Gasteiger partial charge in [-0.2, -0.15) is 5.10 Å². The third kappa shape index (κ3) is 3.65. The van der Waals surface area contributed by atoms with Gasteiger partial charge in [-0.05, 0) is 31.4 Å². The van der Waals surface area contributed by atoms with Gasteiger partial charge in [-0.3, -0.25) is 9.48 Å². The molecule has 88 valence electrons. The number of carbonyl (C=O) groups excluding carboxylic acids is 1. The molecule has 0 bridgehead atoms. The van der Waals surface area contributed by atoms with Crippen LogP contribution in [-0.2, 0) is 18.3 Å². The van der Waals surface area contributed by atoms with E-state index in [1.165, 1.54) is 5.57 Å². The molecular formula is C13H20N2O. The predicted molar refractivity (Wildman–Crippen MR) is 65.2 cm³/mol. The summed E-state index contributed by atoms with van der Waals surface area (Å²) in [6.07, 6.45) is 6.84. The quantitative estimate of drug-likeness (QED) is 0.691. The van der Waals surface area contributed by atoms with Crippen LogP contribution in [0.2, 0.25) is 0 Å². The van der Waals surface area contributed by atoms with Crippen molar-refractivity contribution in [2.45, 2.75) is 39.5 Å². The number of carbonyl (C=O) groups is 1. The van der Waals surface area contributed by atoms with Gasteiger partial charge in [-0.1, -0.05) is 19.4 Å². The fourth-order valence-corrected chi connectivity index (χ4v) is 1.65. The lowest BCUT2D eigenvalue weighted by Crippen LogP contribution is -2.02. The molecule has 0 N–H and O–H groups in total. The van der Waals surface area contributed by atoms with Crippen molar-refractivity contribution in [3.8, 4) is 0 Å². The molecule has 0 saturated carbocycles. The molecule has 3 nitrogen and oxygen atoms in total. The maximum atomic E-state index is 11.7. The highest BCUT2D eigenvalue weighted by Gasteiger charge is 2.03. The molecule has 0 aliphatic carbocycles. The Morgan fingerprint density at radius 1 is 1.44 bits per heavy atom. The number of allylic oxidation sites excluding steroid dienone is 2. The molecule has 0 aliphatic heterocycles. The van der Waals surface area contributed by atoms with E-state index in [-0.39, 0.29) is 5.78 Å². The van der Waals surface area contributed by atoms with Crippen LogP contribution in [0.4, 0.5) is 0 Å². The lowest BCUT2D eigenvalue weighted by atomic mass is 10.1. The van der Waals surface area contributed by atoms with Crippen molar-refractivity contribution in [1.82, 2.24) is 9.78 Å². The largest absolute Gasteiger partial charge is 0.295 e. The molecule has 0 saturated heterocycles. The van der Waals surface area contributed by atoms with Crippen LogP contribution in [0.5, 0.6) is 0 Å². The van der Waals surface area contributed by atoms with Crippen LogP contribution in [0.15, 0.2) is 23.9 Å². The molecule has 0 spiro atoms. The third-order valence-corrected chi connectivity index (χ3v) is 2.82. The van der Waals surface area contributed by atoms with Crippen molar-refractivity contribution < 1.29 is 4.79 Å². The van der Waals surface area contributed by atoms with E-state index < -0.39 is 0 Å². The van der Waals surface area contributed by atoms with Gasteiger partial charge >= 0.3 is 0 Å². The minimum atomic E-state index is 0.222. The highest BCUT2D eigenvalue weighted by atomic mass is 16.1. The average molecular weight is 220 g/mol. The van der Waals surface area contributed by atoms with Crippen LogP contribution in [0.1, 0.15) is 38.8 Å². The number of hydrogen-bond acceptors (Lipinski definition) is 2. The zero-order valence-corrected chi connectivity index (χ0v) is 10.4. The first-order chi connectivity index (χ1) is 7.67. The minimum absolute atomic E-state index is 0.222. The Hall–Kier alpha value is -1.38. The highest BCUT2D eigenvalue weighted by Crippen LogP contribution is 2.08. The molecule has 0 fully saturated rings. The monoisotopic (exact) mass is 220 g/mol. The SMILES string of the molecule is CCC(=CC(=O)CCc1ccnn1C)CC. The number of ketones is 1. The van der Waals surface area contributed by atoms with Crippen molar-refractivity contribution in [3.05, 3.63) is 29.6 Å². The molecule has 0 amide bonds. The predicted octanol–water partition coefficient (Wildman–Crippen LogP) is 2.67. The summed E-state index contributed by atoms with van der Waals surface area (Å²) in [7, 11) is 1.90. The van der Waals surface area contributed by atoms with E-state index in [9.17, 15) is 4.79 Å². The van der Waals surface area contributed by atoms with Crippen LogP contribution >= 0.6 is 0 Å². The summed E-state index contributed by atoms with van der Waals surface area (Å²) in [4.78, 5) is 11.7. The van der Waals surface area contributed by atoms with Crippen molar-refractivity contribution in [2.24, 2.45) is 7.05 Å². The molecule has 0 radical (unpaired) electrons. The molecule has 1 heterocycles. The van der Waals surface area contributed by atoms with Crippen molar-refractivity contribution in [3.63, 3.8) is 0 Å². The number of hydrogen-bond donors (Lipinski definition) is 0. The fraction of sp³-hybridized carbons (Fsp3) is 0.538. The van der Waals surface area contributed by atoms with Crippen LogP contribution in [-0.4, -0.2) is 15.6 Å². The Bertz CT molecular complexity index is 371. The molecule has 0 atom stereocenters. The van der Waals surface area contributed by atoms with Gasteiger partial charge in [0, 0.05) is 25.4 Å². The summed E-state index contributed by atoms with van der Waals surface area (Å²) in [6, 6.07) is 1.96. The van der Waals surface area contributed by atoms with Gasteiger partial charge in [-0.25, -0.2) is 0 Å². The van der Waals surface area contributed by atoms with E-state index in [0.717, 1.165) is 25.0 Å². The van der Waals surface area contributed by atoms with E-state index >= 15 is 0 Å². The molecule has 1 aromatic heterocycles. The van der Waals surface area contributed by atoms with Crippen molar-refractivity contribution in [2.75, 3.05) is 0 Å². The van der Waals surface area contributed by atoms with Gasteiger partial charge in [0.05, 0.1) is 0 Å². The van der Waals surface area contributed by atoms with E-state index in [4.69, 9.17) is 0 Å². The molecule has 16 heavy (non-hydrogen) atoms. The minimum Gasteiger partial charge on any atom is -0.295 e. The zero-order chi connectivity index (χ0) is 12.0. The Kier molecular flexibility index (Phi) is 4.96. The van der Waals surface area contributed by atoms with Gasteiger partial charge < -0.3 is 0 Å². The van der Waals surface area contributed by atoms with Crippen LogP contribution in [0, 0.1) is 0 Å². The molecule has 0 aromatic carbocycles. The van der Waals surface area contributed by atoms with Gasteiger partial charge in [-0.15, -0.1) is 0 Å². The van der Waals surface area contributed by atoms with Crippen molar-refractivity contribution >= 4 is 5.78 Å². The first-order valence-electron chi connectivity index (χ1n) is 5.86. The lowest BCUT2D eigenvalue weighted by molar-refractivity contribution is -0.114. The van der Waals surface area contributed by atoms with Crippen LogP contribution < -0.4 is 0 Å². The number of rotatable bonds is 6. The Morgan fingerprint density at radius 3 is 2.62 bits per heavy atom. The number of aryl methyl sites for hydroxylation is 2. The van der Waals surface area contributed by atoms with E-state index in [2.05, 4.69) is 18.9 Å². The maximum Gasteiger partial charge on any atom is 0.156 e. The summed E-state index contributed by atoms with van der Waals surface area (Å²) in [5, 5.41) is 4.08. The second-order valence-corrected chi connectivity index (χ2v) is 3.92. The first-order valence-corrected chi connectivity index (χ1v) is 5.86. The number of nitrogens with zero attached hydrogens (tertiary/aromatic N) is 2. The summed E-state index contributed by atoms with van der Waals surface area (Å²) in [6.45, 7) is 4.17. The van der Waals surface area contributed by atoms with Crippen LogP contribution in [0.3, 0.4) is 0 Å². The Labute approximate surface area is 97.2 Å².